The van der Waals surface area contributed by atoms with Crippen LogP contribution in [0.3, 0.4) is 0 Å². The molecule has 0 heterocycles. The van der Waals surface area contributed by atoms with Crippen LogP contribution in [0.2, 0.25) is 0 Å². The lowest BCUT2D eigenvalue weighted by Gasteiger charge is -2.06. The van der Waals surface area contributed by atoms with E-state index in [0.29, 0.717) is 18.7 Å². The quantitative estimate of drug-likeness (QED) is 0.656. The van der Waals surface area contributed by atoms with Crippen molar-refractivity contribution in [3.63, 3.8) is 0 Å². The minimum atomic E-state index is -0.816. The Labute approximate surface area is 121 Å². The van der Waals surface area contributed by atoms with Gasteiger partial charge in [-0.1, -0.05) is 18.2 Å². The molecule has 0 aromatic heterocycles. The monoisotopic (exact) mass is 290 g/mol. The summed E-state index contributed by atoms with van der Waals surface area (Å²) in [6, 6.07) is 11.5. The molecule has 0 atom stereocenters. The van der Waals surface area contributed by atoms with Gasteiger partial charge in [-0.25, -0.2) is 0 Å². The zero-order chi connectivity index (χ0) is 15.2. The maximum atomic E-state index is 13.5. The Morgan fingerprint density at radius 3 is 2.33 bits per heavy atom. The smallest absolute Gasteiger partial charge is 0.304 e. The first-order valence-corrected chi connectivity index (χ1v) is 6.36. The molecule has 0 unspecified atom stereocenters. The van der Waals surface area contributed by atoms with Crippen LogP contribution in [0.25, 0.3) is 0 Å². The zero-order valence-corrected chi connectivity index (χ0v) is 11.5. The van der Waals surface area contributed by atoms with Crippen LogP contribution in [0.15, 0.2) is 42.5 Å². The molecule has 0 aliphatic rings. The van der Waals surface area contributed by atoms with E-state index in [1.807, 2.05) is 24.3 Å². The van der Waals surface area contributed by atoms with Gasteiger partial charge in [-0.15, -0.1) is 0 Å². The third-order valence-electron chi connectivity index (χ3n) is 3.03. The van der Waals surface area contributed by atoms with E-state index in [1.54, 1.807) is 13.2 Å². The lowest BCUT2D eigenvalue weighted by molar-refractivity contribution is -0.387. The van der Waals surface area contributed by atoms with Gasteiger partial charge in [-0.3, -0.25) is 10.1 Å². The minimum absolute atomic E-state index is 0.431. The third-order valence-corrected chi connectivity index (χ3v) is 3.03. The topological polar surface area (TPSA) is 64.4 Å². The van der Waals surface area contributed by atoms with Gasteiger partial charge in [0.15, 0.2) is 0 Å². The van der Waals surface area contributed by atoms with Crippen LogP contribution in [0.5, 0.6) is 5.75 Å². The van der Waals surface area contributed by atoms with E-state index in [-0.39, 0.29) is 0 Å². The van der Waals surface area contributed by atoms with E-state index < -0.39 is 16.4 Å². The molecule has 2 aromatic carbocycles. The number of ether oxygens (including phenoxy) is 1. The Morgan fingerprint density at radius 1 is 1.14 bits per heavy atom. The number of nitrogens with one attached hydrogen (secondary N) is 1. The average molecular weight is 290 g/mol. The van der Waals surface area contributed by atoms with Gasteiger partial charge >= 0.3 is 5.69 Å². The lowest BCUT2D eigenvalue weighted by atomic mass is 10.2. The first-order chi connectivity index (χ1) is 10.1. The molecule has 0 fully saturated rings. The summed E-state index contributed by atoms with van der Waals surface area (Å²) in [5.74, 6) is -0.0278. The standard InChI is InChI=1S/C15H15FN2O3/c1-21-13-5-2-11(3-6-13)9-17-10-12-4-7-15(18(19)20)14(16)8-12/h2-8,17H,9-10H2,1H3. The number of nitro groups is 1. The highest BCUT2D eigenvalue weighted by Gasteiger charge is 2.13. The summed E-state index contributed by atoms with van der Waals surface area (Å²) in [5.41, 5.74) is 1.22. The highest BCUT2D eigenvalue weighted by Crippen LogP contribution is 2.18. The summed E-state index contributed by atoms with van der Waals surface area (Å²) in [6.07, 6.45) is 0. The molecule has 0 aliphatic carbocycles. The molecule has 0 saturated carbocycles. The number of hydrogen-bond acceptors (Lipinski definition) is 4. The number of nitrogens with zero attached hydrogens (tertiary/aromatic N) is 1. The van der Waals surface area contributed by atoms with E-state index in [2.05, 4.69) is 5.32 Å². The van der Waals surface area contributed by atoms with Gasteiger partial charge in [0.1, 0.15) is 5.75 Å². The first-order valence-electron chi connectivity index (χ1n) is 6.36. The van der Waals surface area contributed by atoms with Crippen molar-refractivity contribution < 1.29 is 14.1 Å². The number of rotatable bonds is 6. The largest absolute Gasteiger partial charge is 0.497 e. The second-order valence-electron chi connectivity index (χ2n) is 4.49. The SMILES string of the molecule is COc1ccc(CNCc2ccc([N+](=O)[O-])c(F)c2)cc1. The summed E-state index contributed by atoms with van der Waals surface area (Å²) < 4.78 is 18.5. The van der Waals surface area contributed by atoms with Crippen molar-refractivity contribution in [2.75, 3.05) is 7.11 Å². The van der Waals surface area contributed by atoms with Crippen LogP contribution in [-0.2, 0) is 13.1 Å². The van der Waals surface area contributed by atoms with Crippen LogP contribution >= 0.6 is 0 Å². The highest BCUT2D eigenvalue weighted by atomic mass is 19.1. The van der Waals surface area contributed by atoms with Gasteiger partial charge in [-0.05, 0) is 29.3 Å². The second-order valence-corrected chi connectivity index (χ2v) is 4.49. The van der Waals surface area contributed by atoms with Gasteiger partial charge in [-0.2, -0.15) is 4.39 Å². The van der Waals surface area contributed by atoms with Gasteiger partial charge in [0.05, 0.1) is 12.0 Å². The first kappa shape index (κ1) is 14.9. The summed E-state index contributed by atoms with van der Waals surface area (Å²) in [4.78, 5) is 9.79. The number of nitro benzene ring substituents is 1. The molecule has 0 aliphatic heterocycles. The molecule has 1 N–H and O–H groups in total. The Kier molecular flexibility index (Phi) is 4.84. The van der Waals surface area contributed by atoms with E-state index in [1.165, 1.54) is 12.1 Å². The van der Waals surface area contributed by atoms with Crippen molar-refractivity contribution in [1.82, 2.24) is 5.32 Å². The van der Waals surface area contributed by atoms with Crippen molar-refractivity contribution in [1.29, 1.82) is 0 Å². The molecular weight excluding hydrogens is 275 g/mol. The molecule has 0 bridgehead atoms. The van der Waals surface area contributed by atoms with E-state index in [4.69, 9.17) is 4.74 Å². The fourth-order valence-electron chi connectivity index (χ4n) is 1.90. The van der Waals surface area contributed by atoms with Crippen molar-refractivity contribution in [3.8, 4) is 5.75 Å². The number of halogens is 1. The molecule has 110 valence electrons. The third kappa shape index (κ3) is 4.00. The number of methoxy groups -OCH3 is 1. The molecular formula is C15H15FN2O3. The van der Waals surface area contributed by atoms with Gasteiger partial charge in [0.25, 0.3) is 0 Å². The van der Waals surface area contributed by atoms with Gasteiger partial charge in [0, 0.05) is 19.2 Å². The van der Waals surface area contributed by atoms with Crippen molar-refractivity contribution in [2.45, 2.75) is 13.1 Å². The van der Waals surface area contributed by atoms with Crippen LogP contribution in [0.1, 0.15) is 11.1 Å². The Bertz CT molecular complexity index is 629. The van der Waals surface area contributed by atoms with E-state index >= 15 is 0 Å². The predicted octanol–water partition coefficient (Wildman–Crippen LogP) is 3.03. The van der Waals surface area contributed by atoms with E-state index in [0.717, 1.165) is 11.3 Å². The Balaban J connectivity index is 1.91. The van der Waals surface area contributed by atoms with Crippen LogP contribution in [-0.4, -0.2) is 12.0 Å². The molecule has 0 spiro atoms. The second kappa shape index (κ2) is 6.81. The summed E-state index contributed by atoms with van der Waals surface area (Å²) >= 11 is 0. The number of benzene rings is 2. The number of hydrogen-bond donors (Lipinski definition) is 1. The lowest BCUT2D eigenvalue weighted by Crippen LogP contribution is -2.12. The minimum Gasteiger partial charge on any atom is -0.497 e. The summed E-state index contributed by atoms with van der Waals surface area (Å²) in [7, 11) is 1.61. The molecule has 2 rings (SSSR count). The highest BCUT2D eigenvalue weighted by molar-refractivity contribution is 5.35. The maximum Gasteiger partial charge on any atom is 0.304 e. The molecule has 6 heteroatoms. The van der Waals surface area contributed by atoms with Gasteiger partial charge in [0.2, 0.25) is 5.82 Å². The van der Waals surface area contributed by atoms with Crippen LogP contribution in [0, 0.1) is 15.9 Å². The predicted molar refractivity (Wildman–Crippen MR) is 76.6 cm³/mol. The summed E-state index contributed by atoms with van der Waals surface area (Å²) in [5, 5.41) is 13.7. The van der Waals surface area contributed by atoms with Crippen molar-refractivity contribution in [3.05, 3.63) is 69.5 Å². The Morgan fingerprint density at radius 2 is 1.76 bits per heavy atom. The molecule has 2 aromatic rings. The fourth-order valence-corrected chi connectivity index (χ4v) is 1.90. The van der Waals surface area contributed by atoms with Crippen LogP contribution in [0.4, 0.5) is 10.1 Å². The molecule has 0 radical (unpaired) electrons. The average Bonchev–Trinajstić information content (AvgIpc) is 2.47. The zero-order valence-electron chi connectivity index (χ0n) is 11.5. The summed E-state index contributed by atoms with van der Waals surface area (Å²) in [6.45, 7) is 1.05. The van der Waals surface area contributed by atoms with Crippen LogP contribution < -0.4 is 10.1 Å². The fraction of sp³-hybridized carbons (Fsp3) is 0.200. The van der Waals surface area contributed by atoms with Gasteiger partial charge < -0.3 is 10.1 Å². The van der Waals surface area contributed by atoms with E-state index in [9.17, 15) is 14.5 Å². The normalized spacial score (nSPS) is 10.4. The Hall–Kier alpha value is -2.47. The maximum absolute atomic E-state index is 13.5. The molecule has 21 heavy (non-hydrogen) atoms. The molecule has 0 saturated heterocycles. The van der Waals surface area contributed by atoms with Crippen molar-refractivity contribution >= 4 is 5.69 Å². The molecule has 0 amide bonds. The van der Waals surface area contributed by atoms with Crippen molar-refractivity contribution in [2.24, 2.45) is 0 Å². The molecule has 5 nitrogen and oxygen atoms in total.